The predicted molar refractivity (Wildman–Crippen MR) is 143 cm³/mol. The molecular weight excluding hydrogens is 555 g/mol. The Balaban J connectivity index is 1.34. The normalized spacial score (nSPS) is 18.3. The van der Waals surface area contributed by atoms with Crippen molar-refractivity contribution in [2.75, 3.05) is 0 Å². The van der Waals surface area contributed by atoms with Gasteiger partial charge in [-0.25, -0.2) is 4.79 Å². The van der Waals surface area contributed by atoms with Crippen LogP contribution in [-0.2, 0) is 16.2 Å². The highest BCUT2D eigenvalue weighted by Gasteiger charge is 2.40. The average Bonchev–Trinajstić information content (AvgIpc) is 2.86. The minimum atomic E-state index is -0.654. The van der Waals surface area contributed by atoms with E-state index in [9.17, 15) is 14.4 Å². The van der Waals surface area contributed by atoms with Gasteiger partial charge in [0.15, 0.2) is 0 Å². The molecule has 1 aliphatic carbocycles. The van der Waals surface area contributed by atoms with Crippen molar-refractivity contribution in [1.82, 2.24) is 10.2 Å². The second-order valence-corrected chi connectivity index (χ2v) is 10.1. The first kappa shape index (κ1) is 23.5. The molecule has 0 aromatic heterocycles. The Bertz CT molecular complexity index is 1340. The fourth-order valence-corrected chi connectivity index (χ4v) is 5.50. The fourth-order valence-electron chi connectivity index (χ4n) is 4.81. The number of carbonyl (C=O) groups excluding carboxylic acids is 3. The summed E-state index contributed by atoms with van der Waals surface area (Å²) in [6.07, 6.45) is 6.18. The number of hydrogen-bond donors (Lipinski definition) is 1. The summed E-state index contributed by atoms with van der Waals surface area (Å²) in [5, 5.41) is 4.66. The molecule has 7 heteroatoms. The molecule has 0 bridgehead atoms. The number of nitrogens with one attached hydrogen (secondary N) is 1. The van der Waals surface area contributed by atoms with Crippen molar-refractivity contribution >= 4 is 57.3 Å². The second kappa shape index (κ2) is 10.2. The average molecular weight is 580 g/mol. The van der Waals surface area contributed by atoms with Crippen LogP contribution in [0.25, 0.3) is 16.8 Å². The number of barbiturate groups is 1. The number of fused-ring (bicyclic) bond motifs is 1. The highest BCUT2D eigenvalue weighted by atomic mass is 127. The van der Waals surface area contributed by atoms with Crippen LogP contribution in [0.1, 0.15) is 43.2 Å². The van der Waals surface area contributed by atoms with E-state index in [1.54, 1.807) is 6.08 Å². The molecule has 2 fully saturated rings. The fraction of sp³-hybridized carbons (Fsp3) is 0.250. The van der Waals surface area contributed by atoms with Gasteiger partial charge in [0.25, 0.3) is 11.8 Å². The van der Waals surface area contributed by atoms with E-state index in [0.29, 0.717) is 12.2 Å². The minimum absolute atomic E-state index is 0.0182. The summed E-state index contributed by atoms with van der Waals surface area (Å²) in [7, 11) is 0. The van der Waals surface area contributed by atoms with Crippen LogP contribution in [-0.4, -0.2) is 28.8 Å². The van der Waals surface area contributed by atoms with Crippen molar-refractivity contribution in [3.05, 3.63) is 80.9 Å². The molecule has 1 saturated heterocycles. The van der Waals surface area contributed by atoms with E-state index in [2.05, 4.69) is 52.2 Å². The molecule has 3 aromatic carbocycles. The van der Waals surface area contributed by atoms with Crippen molar-refractivity contribution in [2.24, 2.45) is 0 Å². The Morgan fingerprint density at radius 3 is 2.54 bits per heavy atom. The number of carbonyl (C=O) groups is 3. The first-order valence-electron chi connectivity index (χ1n) is 11.8. The lowest BCUT2D eigenvalue weighted by Crippen LogP contribution is -2.58. The lowest BCUT2D eigenvalue weighted by atomic mass is 9.93. The molecule has 0 atom stereocenters. The first-order chi connectivity index (χ1) is 17.0. The molecule has 4 amide bonds. The van der Waals surface area contributed by atoms with Crippen LogP contribution in [0.2, 0.25) is 0 Å². The van der Waals surface area contributed by atoms with Crippen molar-refractivity contribution in [1.29, 1.82) is 0 Å². The molecule has 3 aromatic rings. The Morgan fingerprint density at radius 2 is 1.74 bits per heavy atom. The van der Waals surface area contributed by atoms with Gasteiger partial charge in [-0.05, 0) is 75.5 Å². The van der Waals surface area contributed by atoms with Gasteiger partial charge in [0.05, 0.1) is 3.57 Å². The first-order valence-corrected chi connectivity index (χ1v) is 12.9. The van der Waals surface area contributed by atoms with E-state index in [1.165, 1.54) is 10.3 Å². The number of amides is 4. The number of rotatable bonds is 5. The van der Waals surface area contributed by atoms with E-state index < -0.39 is 17.8 Å². The molecule has 1 saturated carbocycles. The molecule has 1 aliphatic heterocycles. The highest BCUT2D eigenvalue weighted by molar-refractivity contribution is 14.1. The number of urea groups is 1. The van der Waals surface area contributed by atoms with Crippen LogP contribution in [0.4, 0.5) is 4.79 Å². The number of benzene rings is 3. The van der Waals surface area contributed by atoms with E-state index in [4.69, 9.17) is 4.74 Å². The largest absolute Gasteiger partial charge is 0.488 e. The zero-order chi connectivity index (χ0) is 24.4. The molecule has 6 nitrogen and oxygen atoms in total. The van der Waals surface area contributed by atoms with Crippen LogP contribution in [0.5, 0.6) is 5.75 Å². The van der Waals surface area contributed by atoms with Gasteiger partial charge in [0.2, 0.25) is 0 Å². The topological polar surface area (TPSA) is 75.7 Å². The maximum Gasteiger partial charge on any atom is 0.331 e. The third-order valence-electron chi connectivity index (χ3n) is 6.60. The standard InChI is InChI=1S/C28H25IN2O4/c29-24-16-18(13-14-25(24)35-17-20-9-6-8-19-7-4-5-12-22(19)20)15-23-26(32)30-28(34)31(27(23)33)21-10-2-1-3-11-21/h4-9,12-16,21H,1-3,10-11,17H2,(H,30,32,34). The van der Waals surface area contributed by atoms with E-state index in [-0.39, 0.29) is 11.6 Å². The maximum atomic E-state index is 13.1. The van der Waals surface area contributed by atoms with Crippen molar-refractivity contribution < 1.29 is 19.1 Å². The van der Waals surface area contributed by atoms with Crippen LogP contribution in [0.3, 0.4) is 0 Å². The number of halogens is 1. The molecule has 0 radical (unpaired) electrons. The Labute approximate surface area is 217 Å². The zero-order valence-corrected chi connectivity index (χ0v) is 21.3. The molecule has 178 valence electrons. The number of imide groups is 2. The van der Waals surface area contributed by atoms with Gasteiger partial charge in [0.1, 0.15) is 17.9 Å². The van der Waals surface area contributed by atoms with Gasteiger partial charge < -0.3 is 4.74 Å². The number of hydrogen-bond acceptors (Lipinski definition) is 4. The van der Waals surface area contributed by atoms with Crippen molar-refractivity contribution in [3.8, 4) is 5.75 Å². The summed E-state index contributed by atoms with van der Waals surface area (Å²) < 4.78 is 6.96. The van der Waals surface area contributed by atoms with Crippen molar-refractivity contribution in [2.45, 2.75) is 44.8 Å². The summed E-state index contributed by atoms with van der Waals surface area (Å²) >= 11 is 2.19. The Morgan fingerprint density at radius 1 is 0.971 bits per heavy atom. The van der Waals surface area contributed by atoms with Gasteiger partial charge in [-0.15, -0.1) is 0 Å². The van der Waals surface area contributed by atoms with Crippen LogP contribution < -0.4 is 10.1 Å². The van der Waals surface area contributed by atoms with Gasteiger partial charge in [-0.1, -0.05) is 67.8 Å². The predicted octanol–water partition coefficient (Wildman–Crippen LogP) is 5.82. The van der Waals surface area contributed by atoms with E-state index in [1.807, 2.05) is 36.4 Å². The summed E-state index contributed by atoms with van der Waals surface area (Å²) in [5.41, 5.74) is 1.78. The number of ether oxygens (including phenoxy) is 1. The van der Waals surface area contributed by atoms with E-state index >= 15 is 0 Å². The van der Waals surface area contributed by atoms with Gasteiger partial charge >= 0.3 is 6.03 Å². The summed E-state index contributed by atoms with van der Waals surface area (Å²) in [4.78, 5) is 39.3. The highest BCUT2D eigenvalue weighted by Crippen LogP contribution is 2.29. The molecular formula is C28H25IN2O4. The third-order valence-corrected chi connectivity index (χ3v) is 7.45. The quantitative estimate of drug-likeness (QED) is 0.235. The SMILES string of the molecule is O=C1NC(=O)N(C2CCCCC2)C(=O)C1=Cc1ccc(OCc2cccc3ccccc23)c(I)c1. The molecule has 5 rings (SSSR count). The monoisotopic (exact) mass is 580 g/mol. The Hall–Kier alpha value is -3.20. The molecule has 1 N–H and O–H groups in total. The zero-order valence-electron chi connectivity index (χ0n) is 19.1. The van der Waals surface area contributed by atoms with Crippen LogP contribution >= 0.6 is 22.6 Å². The second-order valence-electron chi connectivity index (χ2n) is 8.90. The smallest absolute Gasteiger partial charge is 0.331 e. The number of nitrogens with zero attached hydrogens (tertiary/aromatic N) is 1. The van der Waals surface area contributed by atoms with Gasteiger partial charge in [-0.2, -0.15) is 0 Å². The van der Waals surface area contributed by atoms with Gasteiger partial charge in [-0.3, -0.25) is 19.8 Å². The molecule has 2 aliphatic rings. The molecule has 0 spiro atoms. The summed E-state index contributed by atoms with van der Waals surface area (Å²) in [6.45, 7) is 0.428. The van der Waals surface area contributed by atoms with E-state index in [0.717, 1.165) is 52.4 Å². The van der Waals surface area contributed by atoms with Crippen LogP contribution in [0, 0.1) is 3.57 Å². The third kappa shape index (κ3) is 4.96. The maximum absolute atomic E-state index is 13.1. The summed E-state index contributed by atoms with van der Waals surface area (Å²) in [6, 6.07) is 19.1. The Kier molecular flexibility index (Phi) is 6.86. The van der Waals surface area contributed by atoms with Crippen molar-refractivity contribution in [3.63, 3.8) is 0 Å². The lowest BCUT2D eigenvalue weighted by Gasteiger charge is -2.35. The van der Waals surface area contributed by atoms with Crippen LogP contribution in [0.15, 0.2) is 66.2 Å². The summed E-state index contributed by atoms with van der Waals surface area (Å²) in [5.74, 6) is -0.450. The molecule has 1 heterocycles. The lowest BCUT2D eigenvalue weighted by molar-refractivity contribution is -0.132. The van der Waals surface area contributed by atoms with Gasteiger partial charge in [0, 0.05) is 6.04 Å². The minimum Gasteiger partial charge on any atom is -0.488 e. The molecule has 35 heavy (non-hydrogen) atoms. The molecule has 0 unspecified atom stereocenters.